The van der Waals surface area contributed by atoms with Crippen molar-refractivity contribution < 1.29 is 22.6 Å². The Labute approximate surface area is 156 Å². The lowest BCUT2D eigenvalue weighted by atomic mass is 10.1. The fourth-order valence-electron chi connectivity index (χ4n) is 2.61. The lowest BCUT2D eigenvalue weighted by Gasteiger charge is -2.14. The predicted molar refractivity (Wildman–Crippen MR) is 97.7 cm³/mol. The van der Waals surface area contributed by atoms with Gasteiger partial charge in [0.15, 0.2) is 0 Å². The van der Waals surface area contributed by atoms with Crippen molar-refractivity contribution in [1.82, 2.24) is 0 Å². The Morgan fingerprint density at radius 3 is 1.44 bits per heavy atom. The highest BCUT2D eigenvalue weighted by molar-refractivity contribution is 5.39. The van der Waals surface area contributed by atoms with Gasteiger partial charge in [-0.25, -0.2) is 0 Å². The number of ether oxygens (including phenoxy) is 2. The van der Waals surface area contributed by atoms with Gasteiger partial charge in [-0.1, -0.05) is 60.7 Å². The Kier molecular flexibility index (Phi) is 6.01. The summed E-state index contributed by atoms with van der Waals surface area (Å²) in [6, 6.07) is 23.3. The third-order valence-electron chi connectivity index (χ3n) is 3.84. The topological polar surface area (TPSA) is 18.5 Å². The van der Waals surface area contributed by atoms with E-state index in [0.29, 0.717) is 11.5 Å². The van der Waals surface area contributed by atoms with E-state index in [1.165, 1.54) is 12.1 Å². The first-order valence-electron chi connectivity index (χ1n) is 8.52. The van der Waals surface area contributed by atoms with E-state index in [0.717, 1.165) is 11.1 Å². The molecule has 0 amide bonds. The van der Waals surface area contributed by atoms with E-state index in [1.807, 2.05) is 60.7 Å². The van der Waals surface area contributed by atoms with Gasteiger partial charge in [0.2, 0.25) is 0 Å². The van der Waals surface area contributed by atoms with Crippen LogP contribution in [0, 0.1) is 0 Å². The quantitative estimate of drug-likeness (QED) is 0.510. The molecule has 0 saturated heterocycles. The highest BCUT2D eigenvalue weighted by atomic mass is 19.4. The minimum absolute atomic E-state index is 0.108. The van der Waals surface area contributed by atoms with Crippen LogP contribution < -0.4 is 9.47 Å². The largest absolute Gasteiger partial charge is 0.489 e. The molecule has 3 aromatic rings. The zero-order chi connectivity index (χ0) is 19.1. The van der Waals surface area contributed by atoms with Gasteiger partial charge in [-0.05, 0) is 28.8 Å². The second-order valence-electron chi connectivity index (χ2n) is 6.15. The summed E-state index contributed by atoms with van der Waals surface area (Å²) < 4.78 is 49.9. The first-order chi connectivity index (χ1) is 13.0. The fourth-order valence-corrected chi connectivity index (χ4v) is 2.61. The first-order valence-corrected chi connectivity index (χ1v) is 8.52. The second kappa shape index (κ2) is 8.62. The number of rotatable bonds is 7. The number of hydrogen-bond donors (Lipinski definition) is 0. The van der Waals surface area contributed by atoms with E-state index < -0.39 is 12.6 Å². The van der Waals surface area contributed by atoms with E-state index >= 15 is 0 Å². The third-order valence-corrected chi connectivity index (χ3v) is 3.84. The van der Waals surface area contributed by atoms with Crippen LogP contribution >= 0.6 is 0 Å². The van der Waals surface area contributed by atoms with Crippen LogP contribution in [0.2, 0.25) is 0 Å². The molecule has 0 aliphatic heterocycles. The summed E-state index contributed by atoms with van der Waals surface area (Å²) in [4.78, 5) is 0. The molecule has 0 atom stereocenters. The predicted octanol–water partition coefficient (Wildman–Crippen LogP) is 5.95. The molecule has 0 spiro atoms. The van der Waals surface area contributed by atoms with Crippen molar-refractivity contribution in [2.24, 2.45) is 0 Å². The maximum atomic E-state index is 12.8. The summed E-state index contributed by atoms with van der Waals surface area (Å²) in [6.07, 6.45) is -5.33. The third kappa shape index (κ3) is 6.37. The minimum atomic E-state index is -4.30. The van der Waals surface area contributed by atoms with Gasteiger partial charge in [0, 0.05) is 6.07 Å². The minimum Gasteiger partial charge on any atom is -0.489 e. The molecule has 0 fully saturated rings. The highest BCUT2D eigenvalue weighted by Crippen LogP contribution is 2.29. The summed E-state index contributed by atoms with van der Waals surface area (Å²) in [5.74, 6) is 0.701. The first kappa shape index (κ1) is 18.8. The number of halogens is 3. The molecule has 0 heterocycles. The Bertz CT molecular complexity index is 785. The van der Waals surface area contributed by atoms with Crippen molar-refractivity contribution in [3.05, 3.63) is 95.6 Å². The van der Waals surface area contributed by atoms with Gasteiger partial charge >= 0.3 is 6.18 Å². The molecule has 2 nitrogen and oxygen atoms in total. The number of benzene rings is 3. The van der Waals surface area contributed by atoms with Crippen molar-refractivity contribution in [3.63, 3.8) is 0 Å². The molecule has 0 aromatic heterocycles. The summed E-state index contributed by atoms with van der Waals surface area (Å²) in [6.45, 7) is 0.545. The number of hydrogen-bond acceptors (Lipinski definition) is 2. The molecule has 0 unspecified atom stereocenters. The molecule has 0 radical (unpaired) electrons. The van der Waals surface area contributed by atoms with Gasteiger partial charge in [-0.15, -0.1) is 0 Å². The maximum Gasteiger partial charge on any atom is 0.393 e. The normalized spacial score (nSPS) is 11.2. The molecule has 5 heteroatoms. The molecule has 0 aliphatic carbocycles. The summed E-state index contributed by atoms with van der Waals surface area (Å²) >= 11 is 0. The van der Waals surface area contributed by atoms with Crippen LogP contribution in [0.1, 0.15) is 16.7 Å². The lowest BCUT2D eigenvalue weighted by molar-refractivity contribution is -0.127. The standard InChI is InChI=1S/C22H19F3O2/c23-22(24,25)14-19-11-20(26-15-17-7-3-1-4-8-17)13-21(12-19)27-16-18-9-5-2-6-10-18/h1-13H,14-16H2. The van der Waals surface area contributed by atoms with Crippen LogP contribution in [0.4, 0.5) is 13.2 Å². The Morgan fingerprint density at radius 2 is 1.04 bits per heavy atom. The van der Waals surface area contributed by atoms with Crippen molar-refractivity contribution in [2.75, 3.05) is 0 Å². The zero-order valence-corrected chi connectivity index (χ0v) is 14.6. The van der Waals surface area contributed by atoms with E-state index in [-0.39, 0.29) is 18.8 Å². The van der Waals surface area contributed by atoms with Gasteiger partial charge in [-0.2, -0.15) is 13.2 Å². The van der Waals surface area contributed by atoms with Crippen LogP contribution in [0.15, 0.2) is 78.9 Å². The van der Waals surface area contributed by atoms with Gasteiger partial charge in [0.1, 0.15) is 24.7 Å². The van der Waals surface area contributed by atoms with Gasteiger partial charge in [0.05, 0.1) is 6.42 Å². The molecule has 3 aromatic carbocycles. The molecule has 0 aliphatic rings. The van der Waals surface area contributed by atoms with Crippen molar-refractivity contribution in [3.8, 4) is 11.5 Å². The highest BCUT2D eigenvalue weighted by Gasteiger charge is 2.28. The van der Waals surface area contributed by atoms with Crippen LogP contribution in [-0.2, 0) is 19.6 Å². The summed E-state index contributed by atoms with van der Waals surface area (Å²) in [5, 5.41) is 0. The molecular weight excluding hydrogens is 353 g/mol. The van der Waals surface area contributed by atoms with Crippen LogP contribution in [0.25, 0.3) is 0 Å². The molecule has 3 rings (SSSR count). The van der Waals surface area contributed by atoms with Crippen molar-refractivity contribution in [2.45, 2.75) is 25.8 Å². The average Bonchev–Trinajstić information content (AvgIpc) is 2.65. The van der Waals surface area contributed by atoms with E-state index in [9.17, 15) is 13.2 Å². The van der Waals surface area contributed by atoms with E-state index in [1.54, 1.807) is 6.07 Å². The van der Waals surface area contributed by atoms with Gasteiger partial charge in [0.25, 0.3) is 0 Å². The molecule has 140 valence electrons. The molecule has 0 saturated carbocycles. The lowest BCUT2D eigenvalue weighted by Crippen LogP contribution is -2.12. The number of alkyl halides is 3. The Morgan fingerprint density at radius 1 is 0.593 bits per heavy atom. The molecule has 27 heavy (non-hydrogen) atoms. The van der Waals surface area contributed by atoms with Crippen molar-refractivity contribution >= 4 is 0 Å². The monoisotopic (exact) mass is 372 g/mol. The SMILES string of the molecule is FC(F)(F)Cc1cc(OCc2ccccc2)cc(OCc2ccccc2)c1. The molecule has 0 bridgehead atoms. The maximum absolute atomic E-state index is 12.8. The fraction of sp³-hybridized carbons (Fsp3) is 0.182. The summed E-state index contributed by atoms with van der Waals surface area (Å²) in [5.41, 5.74) is 1.98. The van der Waals surface area contributed by atoms with Crippen LogP contribution in [-0.4, -0.2) is 6.18 Å². The molecular formula is C22H19F3O2. The second-order valence-corrected chi connectivity index (χ2v) is 6.15. The van der Waals surface area contributed by atoms with E-state index in [2.05, 4.69) is 0 Å². The van der Waals surface area contributed by atoms with E-state index in [4.69, 9.17) is 9.47 Å². The van der Waals surface area contributed by atoms with Crippen LogP contribution in [0.3, 0.4) is 0 Å². The smallest absolute Gasteiger partial charge is 0.393 e. The molecule has 0 N–H and O–H groups in total. The zero-order valence-electron chi connectivity index (χ0n) is 14.6. The van der Waals surface area contributed by atoms with Crippen molar-refractivity contribution in [1.29, 1.82) is 0 Å². The van der Waals surface area contributed by atoms with Crippen LogP contribution in [0.5, 0.6) is 11.5 Å². The average molecular weight is 372 g/mol. The van der Waals surface area contributed by atoms with Gasteiger partial charge < -0.3 is 9.47 Å². The Hall–Kier alpha value is -2.95. The van der Waals surface area contributed by atoms with Gasteiger partial charge in [-0.3, -0.25) is 0 Å². The Balaban J connectivity index is 1.75. The summed E-state index contributed by atoms with van der Waals surface area (Å²) in [7, 11) is 0.